The molecule has 1 atom stereocenters. The molecule has 0 heterocycles. The first-order valence-electron chi connectivity index (χ1n) is 5.69. The van der Waals surface area contributed by atoms with Crippen LogP contribution in [-0.2, 0) is 14.8 Å². The third-order valence-electron chi connectivity index (χ3n) is 3.15. The van der Waals surface area contributed by atoms with Crippen LogP contribution >= 0.6 is 0 Å². The van der Waals surface area contributed by atoms with E-state index in [2.05, 4.69) is 0 Å². The summed E-state index contributed by atoms with van der Waals surface area (Å²) in [4.78, 5) is 10.4. The molecule has 1 saturated carbocycles. The van der Waals surface area contributed by atoms with E-state index in [0.29, 0.717) is 17.1 Å². The van der Waals surface area contributed by atoms with E-state index in [1.807, 2.05) is 0 Å². The van der Waals surface area contributed by atoms with Gasteiger partial charge in [0.1, 0.15) is 6.54 Å². The molecule has 0 amide bonds. The number of sulfonamides is 1. The molecule has 1 N–H and O–H groups in total. The zero-order chi connectivity index (χ0) is 14.0. The molecular formula is C10H17F2NO4S. The van der Waals surface area contributed by atoms with Gasteiger partial charge in [0.25, 0.3) is 5.92 Å². The summed E-state index contributed by atoms with van der Waals surface area (Å²) in [5.41, 5.74) is 0. The predicted molar refractivity (Wildman–Crippen MR) is 61.0 cm³/mol. The molecule has 0 aromatic rings. The van der Waals surface area contributed by atoms with Crippen LogP contribution in [0.25, 0.3) is 0 Å². The van der Waals surface area contributed by atoms with Crippen molar-refractivity contribution in [1.82, 2.24) is 4.31 Å². The Labute approximate surface area is 105 Å². The maximum absolute atomic E-state index is 13.5. The van der Waals surface area contributed by atoms with Crippen molar-refractivity contribution >= 4 is 16.0 Å². The number of hydrogen-bond donors (Lipinski definition) is 1. The number of carbonyl (C=O) groups is 1. The number of carboxylic acids is 1. The molecule has 0 saturated heterocycles. The molecule has 18 heavy (non-hydrogen) atoms. The van der Waals surface area contributed by atoms with Crippen molar-refractivity contribution < 1.29 is 27.1 Å². The van der Waals surface area contributed by atoms with Gasteiger partial charge in [-0.25, -0.2) is 17.2 Å². The summed E-state index contributed by atoms with van der Waals surface area (Å²) in [7, 11) is -2.87. The quantitative estimate of drug-likeness (QED) is 0.822. The maximum Gasteiger partial charge on any atom is 0.318 e. The lowest BCUT2D eigenvalue weighted by Crippen LogP contribution is -2.42. The van der Waals surface area contributed by atoms with Crippen LogP contribution in [0, 0.1) is 5.92 Å². The second-order valence-corrected chi connectivity index (χ2v) is 6.75. The van der Waals surface area contributed by atoms with E-state index in [-0.39, 0.29) is 12.8 Å². The van der Waals surface area contributed by atoms with Gasteiger partial charge in [0.15, 0.2) is 0 Å². The Hall–Kier alpha value is -0.760. The van der Waals surface area contributed by atoms with Gasteiger partial charge in [0.05, 0.1) is 5.75 Å². The average molecular weight is 285 g/mol. The summed E-state index contributed by atoms with van der Waals surface area (Å²) in [5.74, 6) is -6.19. The lowest BCUT2D eigenvalue weighted by atomic mass is 9.87. The lowest BCUT2D eigenvalue weighted by Gasteiger charge is -2.31. The number of hydrogen-bond acceptors (Lipinski definition) is 3. The van der Waals surface area contributed by atoms with Gasteiger partial charge in [-0.3, -0.25) is 4.79 Å². The molecule has 0 aromatic carbocycles. The van der Waals surface area contributed by atoms with E-state index in [1.54, 1.807) is 0 Å². The highest BCUT2D eigenvalue weighted by molar-refractivity contribution is 7.89. The normalized spacial score (nSPS) is 24.1. The number of rotatable bonds is 5. The number of nitrogens with zero attached hydrogens (tertiary/aromatic N) is 1. The summed E-state index contributed by atoms with van der Waals surface area (Å²) in [6.07, 6.45) is 0.843. The van der Waals surface area contributed by atoms with Gasteiger partial charge in [-0.15, -0.1) is 0 Å². The third-order valence-corrected chi connectivity index (χ3v) is 5.06. The van der Waals surface area contributed by atoms with Gasteiger partial charge in [0, 0.05) is 19.4 Å². The highest BCUT2D eigenvalue weighted by atomic mass is 32.2. The van der Waals surface area contributed by atoms with Crippen molar-refractivity contribution in [2.75, 3.05) is 19.3 Å². The van der Waals surface area contributed by atoms with Gasteiger partial charge in [0.2, 0.25) is 10.0 Å². The van der Waals surface area contributed by atoms with Crippen molar-refractivity contribution in [3.63, 3.8) is 0 Å². The molecule has 1 unspecified atom stereocenters. The topological polar surface area (TPSA) is 74.7 Å². The minimum atomic E-state index is -3.95. The first kappa shape index (κ1) is 15.3. The van der Waals surface area contributed by atoms with Crippen LogP contribution in [0.2, 0.25) is 0 Å². The maximum atomic E-state index is 13.5. The lowest BCUT2D eigenvalue weighted by molar-refractivity contribution is -0.137. The fourth-order valence-corrected chi connectivity index (χ4v) is 3.52. The Morgan fingerprint density at radius 2 is 2.06 bits per heavy atom. The zero-order valence-electron chi connectivity index (χ0n) is 10.1. The second kappa shape index (κ2) is 5.48. The van der Waals surface area contributed by atoms with Crippen molar-refractivity contribution in [2.45, 2.75) is 31.6 Å². The molecule has 0 aliphatic heterocycles. The fraction of sp³-hybridized carbons (Fsp3) is 0.900. The van der Waals surface area contributed by atoms with E-state index < -0.39 is 40.1 Å². The molecule has 1 aliphatic rings. The minimum Gasteiger partial charge on any atom is -0.480 e. The van der Waals surface area contributed by atoms with E-state index in [1.165, 1.54) is 0 Å². The molecule has 1 fully saturated rings. The standard InChI is InChI=1S/C10H17F2NO4S/c1-13(6-9(14)15)18(16,17)7-8-4-2-3-5-10(8,11)12/h8H,2-7H2,1H3,(H,14,15). The van der Waals surface area contributed by atoms with Crippen LogP contribution in [0.5, 0.6) is 0 Å². The summed E-state index contributed by atoms with van der Waals surface area (Å²) in [5, 5.41) is 8.50. The summed E-state index contributed by atoms with van der Waals surface area (Å²) in [6, 6.07) is 0. The number of halogens is 2. The highest BCUT2D eigenvalue weighted by Crippen LogP contribution is 2.39. The van der Waals surface area contributed by atoms with Crippen molar-refractivity contribution in [3.05, 3.63) is 0 Å². The molecule has 0 aromatic heterocycles. The molecule has 5 nitrogen and oxygen atoms in total. The number of alkyl halides is 2. The van der Waals surface area contributed by atoms with E-state index in [0.717, 1.165) is 7.05 Å². The van der Waals surface area contributed by atoms with Gasteiger partial charge >= 0.3 is 5.97 Å². The van der Waals surface area contributed by atoms with Crippen LogP contribution in [0.3, 0.4) is 0 Å². The predicted octanol–water partition coefficient (Wildman–Crippen LogP) is 1.16. The summed E-state index contributed by atoms with van der Waals surface area (Å²) >= 11 is 0. The average Bonchev–Trinajstić information content (AvgIpc) is 2.20. The van der Waals surface area contributed by atoms with Crippen molar-refractivity contribution in [3.8, 4) is 0 Å². The van der Waals surface area contributed by atoms with Crippen LogP contribution in [0.1, 0.15) is 25.7 Å². The monoisotopic (exact) mass is 285 g/mol. The van der Waals surface area contributed by atoms with Crippen LogP contribution in [-0.4, -0.2) is 49.1 Å². The summed E-state index contributed by atoms with van der Waals surface area (Å²) < 4.78 is 51.2. The minimum absolute atomic E-state index is 0.160. The van der Waals surface area contributed by atoms with E-state index >= 15 is 0 Å². The molecule has 0 bridgehead atoms. The van der Waals surface area contributed by atoms with E-state index in [9.17, 15) is 22.0 Å². The van der Waals surface area contributed by atoms with Gasteiger partial charge in [-0.2, -0.15) is 4.31 Å². The van der Waals surface area contributed by atoms with Gasteiger partial charge in [-0.05, 0) is 12.8 Å². The first-order chi connectivity index (χ1) is 8.15. The number of aliphatic carboxylic acids is 1. The number of likely N-dealkylation sites (N-methyl/N-ethyl adjacent to an activating group) is 1. The Kier molecular flexibility index (Phi) is 4.66. The van der Waals surface area contributed by atoms with Crippen molar-refractivity contribution in [1.29, 1.82) is 0 Å². The van der Waals surface area contributed by atoms with Crippen LogP contribution in [0.15, 0.2) is 0 Å². The molecular weight excluding hydrogens is 268 g/mol. The molecule has 106 valence electrons. The third kappa shape index (κ3) is 3.88. The second-order valence-electron chi connectivity index (χ2n) is 4.63. The Balaban J connectivity index is 2.73. The molecule has 0 spiro atoms. The zero-order valence-corrected chi connectivity index (χ0v) is 10.9. The Bertz CT molecular complexity index is 410. The van der Waals surface area contributed by atoms with Gasteiger partial charge < -0.3 is 5.11 Å². The van der Waals surface area contributed by atoms with Gasteiger partial charge in [-0.1, -0.05) is 6.42 Å². The molecule has 8 heteroatoms. The molecule has 0 radical (unpaired) electrons. The summed E-state index contributed by atoms with van der Waals surface area (Å²) in [6.45, 7) is -0.708. The number of carboxylic acid groups (broad SMARTS) is 1. The van der Waals surface area contributed by atoms with Crippen LogP contribution < -0.4 is 0 Å². The van der Waals surface area contributed by atoms with E-state index in [4.69, 9.17) is 5.11 Å². The highest BCUT2D eigenvalue weighted by Gasteiger charge is 2.44. The molecule has 1 aliphatic carbocycles. The SMILES string of the molecule is CN(CC(=O)O)S(=O)(=O)CC1CCCCC1(F)F. The van der Waals surface area contributed by atoms with Crippen LogP contribution in [0.4, 0.5) is 8.78 Å². The Morgan fingerprint density at radius 3 is 2.56 bits per heavy atom. The smallest absolute Gasteiger partial charge is 0.318 e. The molecule has 1 rings (SSSR count). The largest absolute Gasteiger partial charge is 0.480 e. The first-order valence-corrected chi connectivity index (χ1v) is 7.30. The van der Waals surface area contributed by atoms with Crippen molar-refractivity contribution in [2.24, 2.45) is 5.92 Å². The Morgan fingerprint density at radius 1 is 1.44 bits per heavy atom. The fourth-order valence-electron chi connectivity index (χ4n) is 2.04.